The number of cyclic esters (lactones) is 1. The second-order valence-corrected chi connectivity index (χ2v) is 20.3. The van der Waals surface area contributed by atoms with Crippen LogP contribution >= 0.6 is 0 Å². The van der Waals surface area contributed by atoms with Crippen molar-refractivity contribution in [3.63, 3.8) is 0 Å². The topological polar surface area (TPSA) is 367 Å². The molecule has 7 atom stereocenters. The molecular formula is C50H73N11O17. The third-order valence-electron chi connectivity index (χ3n) is 14.6. The molecule has 6 rings (SSSR count). The van der Waals surface area contributed by atoms with Crippen LogP contribution in [0.2, 0.25) is 0 Å². The number of para-hydroxylation sites is 1. The molecule has 0 bridgehead atoms. The highest BCUT2D eigenvalue weighted by molar-refractivity contribution is 6.08. The van der Waals surface area contributed by atoms with Gasteiger partial charge in [-0.25, -0.2) is 0 Å². The maximum atomic E-state index is 14.3. The van der Waals surface area contributed by atoms with Crippen molar-refractivity contribution in [3.05, 3.63) is 29.3 Å². The number of piperazine rings is 1. The largest absolute Gasteiger partial charge is 0.481 e. The molecule has 78 heavy (non-hydrogen) atoms. The fraction of sp³-hybridized carbons (Fsp3) is 0.660. The number of aliphatic hydroxyl groups is 1. The second-order valence-electron chi connectivity index (χ2n) is 20.3. The quantitative estimate of drug-likeness (QED) is 0.0328. The van der Waals surface area contributed by atoms with Gasteiger partial charge in [-0.15, -0.1) is 0 Å². The average molecular weight is 1100 g/mol. The smallest absolute Gasteiger partial charge is 0.317 e. The number of hydrogen-bond donors (Lipinski definition) is 9. The maximum absolute atomic E-state index is 14.3. The number of esters is 1. The molecule has 0 radical (unpaired) electrons. The number of carbonyl (C=O) groups excluding carboxylic acids is 8. The first-order chi connectivity index (χ1) is 37.2. The Morgan fingerprint density at radius 3 is 1.92 bits per heavy atom. The van der Waals surface area contributed by atoms with E-state index in [1.807, 2.05) is 24.0 Å². The molecule has 7 amide bonds. The minimum absolute atomic E-state index is 0.0329. The van der Waals surface area contributed by atoms with Crippen molar-refractivity contribution in [1.29, 1.82) is 0 Å². The van der Waals surface area contributed by atoms with Crippen LogP contribution in [0.3, 0.4) is 0 Å². The summed E-state index contributed by atoms with van der Waals surface area (Å²) in [5.41, 5.74) is 2.11. The molecule has 5 heterocycles. The number of carbonyl (C=O) groups is 11. The summed E-state index contributed by atoms with van der Waals surface area (Å²) in [4.78, 5) is 151. The number of aliphatic hydroxyl groups excluding tert-OH is 1. The zero-order valence-corrected chi connectivity index (χ0v) is 44.0. The van der Waals surface area contributed by atoms with Crippen LogP contribution in [0, 0.1) is 5.92 Å². The van der Waals surface area contributed by atoms with E-state index in [4.69, 9.17) is 9.47 Å². The molecule has 0 aromatic heterocycles. The molecular weight excluding hydrogens is 1030 g/mol. The molecule has 0 aliphatic carbocycles. The summed E-state index contributed by atoms with van der Waals surface area (Å²) < 4.78 is 10.3. The normalized spacial score (nSPS) is 22.5. The van der Waals surface area contributed by atoms with Gasteiger partial charge in [-0.05, 0) is 36.3 Å². The SMILES string of the molecule is CC[C@H](C)[C@H](NC(=O)COCCNC(=O)[C@@H](CCC(=O)O)NC(=O)CN1CCN(C(=O)CN2CCN(CC(=O)O)CCN(CC(=O)O)CC2)CC1)C(=O)N[C@H]1CCc2cccc3c2N(C1=O)[C@H](C(=O)NC1CC(=O)OC1O)C3. The fourth-order valence-corrected chi connectivity index (χ4v) is 10.1. The average Bonchev–Trinajstić information content (AvgIpc) is 4.13. The zero-order chi connectivity index (χ0) is 56.6. The van der Waals surface area contributed by atoms with E-state index in [0.717, 1.165) is 11.1 Å². The Morgan fingerprint density at radius 1 is 0.731 bits per heavy atom. The van der Waals surface area contributed by atoms with Gasteiger partial charge in [0, 0.05) is 84.8 Å². The molecule has 5 aliphatic heterocycles. The lowest BCUT2D eigenvalue weighted by molar-refractivity contribution is -0.155. The van der Waals surface area contributed by atoms with Crippen LogP contribution in [0.5, 0.6) is 0 Å². The maximum Gasteiger partial charge on any atom is 0.317 e. The summed E-state index contributed by atoms with van der Waals surface area (Å²) in [5.74, 6) is -8.17. The zero-order valence-electron chi connectivity index (χ0n) is 44.0. The van der Waals surface area contributed by atoms with E-state index in [9.17, 15) is 73.2 Å². The highest BCUT2D eigenvalue weighted by atomic mass is 16.6. The van der Waals surface area contributed by atoms with E-state index >= 15 is 0 Å². The van der Waals surface area contributed by atoms with Gasteiger partial charge in [-0.1, -0.05) is 38.5 Å². The van der Waals surface area contributed by atoms with Crippen LogP contribution in [-0.2, 0) is 75.1 Å². The number of rotatable bonds is 25. The van der Waals surface area contributed by atoms with Crippen LogP contribution in [0.15, 0.2) is 18.2 Å². The Hall–Kier alpha value is -6.85. The Bertz CT molecular complexity index is 2360. The van der Waals surface area contributed by atoms with Gasteiger partial charge in [0.05, 0.1) is 44.9 Å². The number of nitrogens with zero attached hydrogens (tertiary/aromatic N) is 6. The summed E-state index contributed by atoms with van der Waals surface area (Å²) >= 11 is 0. The summed E-state index contributed by atoms with van der Waals surface area (Å²) in [7, 11) is 0. The van der Waals surface area contributed by atoms with Gasteiger partial charge in [0.2, 0.25) is 47.6 Å². The minimum atomic E-state index is -1.54. The lowest BCUT2D eigenvalue weighted by atomic mass is 9.97. The molecule has 2 unspecified atom stereocenters. The van der Waals surface area contributed by atoms with Crippen LogP contribution in [0.1, 0.15) is 57.1 Å². The molecule has 1 aromatic carbocycles. The number of ether oxygens (including phenoxy) is 2. The van der Waals surface area contributed by atoms with Gasteiger partial charge in [0.15, 0.2) is 0 Å². The van der Waals surface area contributed by atoms with E-state index in [1.165, 1.54) is 4.90 Å². The van der Waals surface area contributed by atoms with Crippen LogP contribution in [0.25, 0.3) is 0 Å². The van der Waals surface area contributed by atoms with E-state index in [0.29, 0.717) is 84.0 Å². The minimum Gasteiger partial charge on any atom is -0.481 e. The van der Waals surface area contributed by atoms with Gasteiger partial charge in [0.25, 0.3) is 0 Å². The first-order valence-corrected chi connectivity index (χ1v) is 26.4. The number of aryl methyl sites for hydroxylation is 1. The standard InChI is InChI=1S/C50H73N11O17/c1-3-30(2)44(48(74)53-34-8-7-31-5-4-6-32-23-36(61(45(31)32)49(34)75)47(73)54-35-24-43(71)78-50(35)76)55-38(63)29-77-22-11-51-46(72)33(9-10-40(65)66)52-37(62)25-56-18-20-60(21-19-56)39(64)26-57-12-14-58(27-41(67)68)16-17-59(15-13-57)28-42(69)70/h4-6,30,33-36,44,50,76H,3,7-29H2,1-2H3,(H,51,72)(H,52,62)(H,53,74)(H,54,73)(H,55,63)(H,65,66)(H,67,68)(H,69,70)/t30-,33+,34-,35?,36-,44-,50?/m0/s1. The lowest BCUT2D eigenvalue weighted by Crippen LogP contribution is -2.59. The highest BCUT2D eigenvalue weighted by Gasteiger charge is 2.46. The summed E-state index contributed by atoms with van der Waals surface area (Å²) in [5, 5.41) is 51.5. The predicted octanol–water partition coefficient (Wildman–Crippen LogP) is -4.63. The van der Waals surface area contributed by atoms with Gasteiger partial charge in [0.1, 0.15) is 36.8 Å². The van der Waals surface area contributed by atoms with E-state index in [1.54, 1.807) is 32.6 Å². The first kappa shape index (κ1) is 60.4. The predicted molar refractivity (Wildman–Crippen MR) is 272 cm³/mol. The summed E-state index contributed by atoms with van der Waals surface area (Å²) in [6.07, 6.45) is -1.24. The monoisotopic (exact) mass is 1100 g/mol. The molecule has 3 saturated heterocycles. The number of carboxylic acid groups (broad SMARTS) is 3. The summed E-state index contributed by atoms with van der Waals surface area (Å²) in [6, 6.07) is 0.00683. The van der Waals surface area contributed by atoms with Gasteiger partial charge in [-0.3, -0.25) is 77.2 Å². The van der Waals surface area contributed by atoms with Crippen molar-refractivity contribution in [2.75, 3.05) is 116 Å². The van der Waals surface area contributed by atoms with Crippen molar-refractivity contribution in [3.8, 4) is 0 Å². The van der Waals surface area contributed by atoms with Gasteiger partial charge >= 0.3 is 23.9 Å². The molecule has 430 valence electrons. The molecule has 9 N–H and O–H groups in total. The fourth-order valence-electron chi connectivity index (χ4n) is 10.1. The third-order valence-corrected chi connectivity index (χ3v) is 14.6. The van der Waals surface area contributed by atoms with E-state index < -0.39 is 115 Å². The van der Waals surface area contributed by atoms with E-state index in [-0.39, 0.29) is 70.9 Å². The van der Waals surface area contributed by atoms with Crippen molar-refractivity contribution in [2.24, 2.45) is 5.92 Å². The Balaban J connectivity index is 0.931. The Kier molecular flexibility index (Phi) is 22.2. The number of nitrogens with one attached hydrogen (secondary N) is 5. The lowest BCUT2D eigenvalue weighted by Gasteiger charge is -2.36. The van der Waals surface area contributed by atoms with E-state index in [2.05, 4.69) is 26.6 Å². The number of anilines is 1. The molecule has 3 fully saturated rings. The Morgan fingerprint density at radius 2 is 1.33 bits per heavy atom. The number of aliphatic carboxylic acids is 3. The molecule has 28 heteroatoms. The highest BCUT2D eigenvalue weighted by Crippen LogP contribution is 2.39. The van der Waals surface area contributed by atoms with Crippen LogP contribution in [0.4, 0.5) is 5.69 Å². The number of carboxylic acids is 3. The third kappa shape index (κ3) is 17.3. The molecule has 5 aliphatic rings. The van der Waals surface area contributed by atoms with Crippen molar-refractivity contribution in [1.82, 2.24) is 51.1 Å². The Labute approximate surface area is 450 Å². The summed E-state index contributed by atoms with van der Waals surface area (Å²) in [6.45, 7) is 5.71. The van der Waals surface area contributed by atoms with Crippen molar-refractivity contribution >= 4 is 70.9 Å². The molecule has 0 saturated carbocycles. The van der Waals surface area contributed by atoms with Crippen molar-refractivity contribution < 1.29 is 82.6 Å². The second kappa shape index (κ2) is 28.7. The molecule has 0 spiro atoms. The number of benzene rings is 1. The number of amides is 7. The van der Waals surface area contributed by atoms with Crippen molar-refractivity contribution in [2.45, 2.75) is 95.3 Å². The number of hydrogen-bond acceptors (Lipinski definition) is 18. The van der Waals surface area contributed by atoms with Crippen LogP contribution < -0.4 is 31.5 Å². The van der Waals surface area contributed by atoms with Crippen LogP contribution in [-0.4, -0.2) is 258 Å². The molecule has 1 aromatic rings. The molecule has 28 nitrogen and oxygen atoms in total. The first-order valence-electron chi connectivity index (χ1n) is 26.4. The van der Waals surface area contributed by atoms with Gasteiger partial charge < -0.3 is 61.4 Å². The van der Waals surface area contributed by atoms with Gasteiger partial charge in [-0.2, -0.15) is 0 Å².